The van der Waals surface area contributed by atoms with Crippen LogP contribution in [0, 0.1) is 0 Å². The van der Waals surface area contributed by atoms with Crippen LogP contribution in [0.1, 0.15) is 5.56 Å². The summed E-state index contributed by atoms with van der Waals surface area (Å²) in [6.45, 7) is 0. The Morgan fingerprint density at radius 1 is 1.06 bits per heavy atom. The fourth-order valence-corrected chi connectivity index (χ4v) is 2.57. The normalized spacial score (nSPS) is 11.3. The predicted octanol–water partition coefficient (Wildman–Crippen LogP) is 5.02. The smallest absolute Gasteiger partial charge is 0.118 e. The van der Waals surface area contributed by atoms with E-state index in [1.807, 2.05) is 60.7 Å². The van der Waals surface area contributed by atoms with Gasteiger partial charge in [-0.25, -0.2) is 0 Å². The molecule has 0 unspecified atom stereocenters. The summed E-state index contributed by atoms with van der Waals surface area (Å²) in [5.74, 6) is 0.846. The van der Waals surface area contributed by atoms with E-state index in [9.17, 15) is 0 Å². The van der Waals surface area contributed by atoms with E-state index in [1.165, 1.54) is 0 Å². The molecule has 0 heterocycles. The van der Waals surface area contributed by atoms with Gasteiger partial charge in [-0.05, 0) is 35.9 Å². The molecule has 0 spiro atoms. The van der Waals surface area contributed by atoms with E-state index in [0.29, 0.717) is 0 Å². The van der Waals surface area contributed by atoms with Gasteiger partial charge in [-0.2, -0.15) is 0 Å². The monoisotopic (exact) mass is 276 g/mol. The molecule has 0 fully saturated rings. The fraction of sp³-hybridized carbons (Fsp3) is 0.0667. The van der Waals surface area contributed by atoms with Crippen molar-refractivity contribution in [2.75, 3.05) is 7.11 Å². The highest BCUT2D eigenvalue weighted by Crippen LogP contribution is 2.30. The first-order valence-corrected chi connectivity index (χ1v) is 6.71. The molecular formula is C15H13ClOS. The van der Waals surface area contributed by atoms with Crippen molar-refractivity contribution in [3.05, 3.63) is 64.5 Å². The van der Waals surface area contributed by atoms with Gasteiger partial charge in [0.1, 0.15) is 5.75 Å². The van der Waals surface area contributed by atoms with Crippen LogP contribution < -0.4 is 4.74 Å². The highest BCUT2D eigenvalue weighted by Gasteiger charge is 1.98. The minimum Gasteiger partial charge on any atom is -0.497 e. The molecular weight excluding hydrogens is 264 g/mol. The van der Waals surface area contributed by atoms with Crippen molar-refractivity contribution < 1.29 is 4.74 Å². The van der Waals surface area contributed by atoms with Crippen LogP contribution in [0.4, 0.5) is 0 Å². The number of thioether (sulfide) groups is 1. The number of benzene rings is 2. The number of hydrogen-bond donors (Lipinski definition) is 0. The predicted molar refractivity (Wildman–Crippen MR) is 79.1 cm³/mol. The Morgan fingerprint density at radius 3 is 2.33 bits per heavy atom. The molecule has 0 N–H and O–H groups in total. The first kappa shape index (κ1) is 13.1. The van der Waals surface area contributed by atoms with Crippen LogP contribution in [0.3, 0.4) is 0 Å². The lowest BCUT2D eigenvalue weighted by molar-refractivity contribution is 0.415. The summed E-state index contributed by atoms with van der Waals surface area (Å²) in [5.41, 5.74) is 1.06. The summed E-state index contributed by atoms with van der Waals surface area (Å²) in [7, 11) is 1.66. The molecule has 2 aromatic carbocycles. The first-order valence-electron chi connectivity index (χ1n) is 5.52. The van der Waals surface area contributed by atoms with Crippen LogP contribution in [0.2, 0.25) is 0 Å². The molecule has 1 nitrogen and oxygen atoms in total. The van der Waals surface area contributed by atoms with Crippen LogP contribution in [0.15, 0.2) is 63.9 Å². The molecule has 0 aliphatic rings. The maximum Gasteiger partial charge on any atom is 0.118 e. The van der Waals surface area contributed by atoms with Gasteiger partial charge in [0.2, 0.25) is 0 Å². The molecule has 0 saturated heterocycles. The number of halogens is 1. The first-order chi connectivity index (χ1) is 8.78. The molecule has 0 amide bonds. The van der Waals surface area contributed by atoms with Crippen molar-refractivity contribution in [3.8, 4) is 5.75 Å². The van der Waals surface area contributed by atoms with Crippen LogP contribution in [-0.4, -0.2) is 7.11 Å². The minimum atomic E-state index is 0.742. The van der Waals surface area contributed by atoms with E-state index >= 15 is 0 Å². The Balaban J connectivity index is 2.07. The highest BCUT2D eigenvalue weighted by molar-refractivity contribution is 8.04. The average Bonchev–Trinajstić information content (AvgIpc) is 2.40. The molecule has 3 heteroatoms. The maximum atomic E-state index is 6.22. The third-order valence-electron chi connectivity index (χ3n) is 2.35. The van der Waals surface area contributed by atoms with Crippen molar-refractivity contribution in [1.82, 2.24) is 0 Å². The summed E-state index contributed by atoms with van der Waals surface area (Å²) in [5, 5.41) is 0. The summed E-state index contributed by atoms with van der Waals surface area (Å²) in [4.78, 5) is 1.13. The second-order valence-electron chi connectivity index (χ2n) is 3.64. The topological polar surface area (TPSA) is 9.23 Å². The van der Waals surface area contributed by atoms with E-state index < -0.39 is 0 Å². The Bertz CT molecular complexity index is 520. The molecule has 0 aromatic heterocycles. The standard InChI is InChI=1S/C15H13ClOS/c1-17-13-9-7-12(8-10-13)11-15(16)18-14-5-3-2-4-6-14/h2-11H,1H3/b15-11+. The van der Waals surface area contributed by atoms with Gasteiger partial charge in [0.15, 0.2) is 0 Å². The zero-order chi connectivity index (χ0) is 12.8. The van der Waals surface area contributed by atoms with Gasteiger partial charge in [-0.3, -0.25) is 0 Å². The quantitative estimate of drug-likeness (QED) is 0.725. The molecule has 2 aromatic rings. The lowest BCUT2D eigenvalue weighted by Crippen LogP contribution is -1.81. The molecule has 0 bridgehead atoms. The van der Waals surface area contributed by atoms with E-state index in [2.05, 4.69) is 0 Å². The zero-order valence-electron chi connectivity index (χ0n) is 9.97. The second kappa shape index (κ2) is 6.53. The van der Waals surface area contributed by atoms with Gasteiger partial charge in [0, 0.05) is 4.90 Å². The van der Waals surface area contributed by atoms with Crippen molar-refractivity contribution in [3.63, 3.8) is 0 Å². The Hall–Kier alpha value is -1.38. The molecule has 2 rings (SSSR count). The molecule has 0 atom stereocenters. The summed E-state index contributed by atoms with van der Waals surface area (Å²) in [6, 6.07) is 17.9. The lowest BCUT2D eigenvalue weighted by atomic mass is 10.2. The third kappa shape index (κ3) is 3.83. The van der Waals surface area contributed by atoms with Crippen LogP contribution >= 0.6 is 23.4 Å². The Labute approximate surface area is 116 Å². The van der Waals surface area contributed by atoms with Crippen LogP contribution in [0.5, 0.6) is 5.75 Å². The van der Waals surface area contributed by atoms with Crippen molar-refractivity contribution in [1.29, 1.82) is 0 Å². The molecule has 0 saturated carbocycles. The van der Waals surface area contributed by atoms with Gasteiger partial charge >= 0.3 is 0 Å². The molecule has 0 aliphatic carbocycles. The fourth-order valence-electron chi connectivity index (χ4n) is 1.46. The van der Waals surface area contributed by atoms with Gasteiger partial charge in [0.05, 0.1) is 11.5 Å². The summed E-state index contributed by atoms with van der Waals surface area (Å²) in [6.07, 6.45) is 1.94. The SMILES string of the molecule is COc1ccc(/C=C(\Cl)Sc2ccccc2)cc1. The lowest BCUT2D eigenvalue weighted by Gasteiger charge is -2.01. The van der Waals surface area contributed by atoms with Crippen molar-refractivity contribution in [2.24, 2.45) is 0 Å². The summed E-state index contributed by atoms with van der Waals surface area (Å²) >= 11 is 7.76. The summed E-state index contributed by atoms with van der Waals surface area (Å²) < 4.78 is 5.85. The molecule has 0 aliphatic heterocycles. The maximum absolute atomic E-state index is 6.22. The minimum absolute atomic E-state index is 0.742. The van der Waals surface area contributed by atoms with E-state index in [4.69, 9.17) is 16.3 Å². The van der Waals surface area contributed by atoms with Gasteiger partial charge in [-0.1, -0.05) is 53.7 Å². The number of rotatable bonds is 4. The highest BCUT2D eigenvalue weighted by atomic mass is 35.5. The number of hydrogen-bond acceptors (Lipinski definition) is 2. The molecule has 92 valence electrons. The van der Waals surface area contributed by atoms with E-state index in [-0.39, 0.29) is 0 Å². The zero-order valence-corrected chi connectivity index (χ0v) is 11.5. The second-order valence-corrected chi connectivity index (χ2v) is 5.38. The van der Waals surface area contributed by atoms with Crippen molar-refractivity contribution in [2.45, 2.75) is 4.90 Å². The van der Waals surface area contributed by atoms with E-state index in [0.717, 1.165) is 20.6 Å². The molecule has 18 heavy (non-hydrogen) atoms. The van der Waals surface area contributed by atoms with Crippen molar-refractivity contribution >= 4 is 29.4 Å². The Kier molecular flexibility index (Phi) is 4.73. The number of methoxy groups -OCH3 is 1. The van der Waals surface area contributed by atoms with Crippen LogP contribution in [-0.2, 0) is 0 Å². The van der Waals surface area contributed by atoms with Gasteiger partial charge in [-0.15, -0.1) is 0 Å². The largest absolute Gasteiger partial charge is 0.497 e. The average molecular weight is 277 g/mol. The number of ether oxygens (including phenoxy) is 1. The van der Waals surface area contributed by atoms with Gasteiger partial charge in [0.25, 0.3) is 0 Å². The van der Waals surface area contributed by atoms with E-state index in [1.54, 1.807) is 18.9 Å². The third-order valence-corrected chi connectivity index (χ3v) is 3.52. The Morgan fingerprint density at radius 2 is 1.72 bits per heavy atom. The van der Waals surface area contributed by atoms with Crippen LogP contribution in [0.25, 0.3) is 6.08 Å². The van der Waals surface area contributed by atoms with Gasteiger partial charge < -0.3 is 4.74 Å². The molecule has 0 radical (unpaired) electrons.